The fraction of sp³-hybridized carbons (Fsp3) is 0.167. The lowest BCUT2D eigenvalue weighted by molar-refractivity contribution is -0.384. The van der Waals surface area contributed by atoms with Crippen molar-refractivity contribution in [3.63, 3.8) is 0 Å². The number of nitro groups is 1. The molecular weight excluding hydrogens is 326 g/mol. The molecular formula is C18H15NO4S. The Balaban J connectivity index is 1.78. The summed E-state index contributed by atoms with van der Waals surface area (Å²) in [6, 6.07) is 15.6. The van der Waals surface area contributed by atoms with Crippen LogP contribution in [0.2, 0.25) is 0 Å². The number of carbonyl (C=O) groups excluding carboxylic acids is 1. The first kappa shape index (κ1) is 16.3. The smallest absolute Gasteiger partial charge is 0.269 e. The van der Waals surface area contributed by atoms with Gasteiger partial charge in [-0.15, -0.1) is 0 Å². The largest absolute Gasteiger partial charge is 0.511 e. The first-order valence-corrected chi connectivity index (χ1v) is 8.29. The van der Waals surface area contributed by atoms with E-state index in [0.717, 1.165) is 17.3 Å². The molecule has 1 unspecified atom stereocenters. The van der Waals surface area contributed by atoms with Crippen molar-refractivity contribution in [2.75, 3.05) is 0 Å². The van der Waals surface area contributed by atoms with Crippen LogP contribution >= 0.6 is 11.8 Å². The molecule has 24 heavy (non-hydrogen) atoms. The Hall–Kier alpha value is -2.60. The number of allylic oxidation sites excluding steroid dienone is 2. The molecule has 1 aliphatic rings. The molecule has 2 aromatic carbocycles. The number of hydrogen-bond donors (Lipinski definition) is 1. The van der Waals surface area contributed by atoms with Crippen molar-refractivity contribution >= 4 is 23.2 Å². The monoisotopic (exact) mass is 341 g/mol. The van der Waals surface area contributed by atoms with Gasteiger partial charge in [0.1, 0.15) is 5.76 Å². The Kier molecular flexibility index (Phi) is 4.66. The predicted octanol–water partition coefficient (Wildman–Crippen LogP) is 4.60. The summed E-state index contributed by atoms with van der Waals surface area (Å²) < 4.78 is 0. The van der Waals surface area contributed by atoms with Crippen molar-refractivity contribution < 1.29 is 14.8 Å². The number of rotatable bonds is 4. The van der Waals surface area contributed by atoms with Gasteiger partial charge in [0.15, 0.2) is 5.78 Å². The minimum atomic E-state index is -0.471. The van der Waals surface area contributed by atoms with Crippen LogP contribution in [-0.2, 0) is 4.79 Å². The highest BCUT2D eigenvalue weighted by Crippen LogP contribution is 2.40. The number of thioether (sulfide) groups is 1. The van der Waals surface area contributed by atoms with E-state index < -0.39 is 4.92 Å². The first-order valence-electron chi connectivity index (χ1n) is 7.47. The van der Waals surface area contributed by atoms with Gasteiger partial charge in [-0.3, -0.25) is 14.9 Å². The SMILES string of the molecule is O=C1CC(c2ccccc2)CC(O)=C1Sc1ccc([N+](=O)[O-])cc1. The number of carbonyl (C=O) groups is 1. The number of aliphatic hydroxyl groups excluding tert-OH is 1. The maximum absolute atomic E-state index is 12.4. The van der Waals surface area contributed by atoms with Gasteiger partial charge in [0.05, 0.1) is 9.83 Å². The van der Waals surface area contributed by atoms with Gasteiger partial charge in [-0.05, 0) is 23.6 Å². The van der Waals surface area contributed by atoms with E-state index >= 15 is 0 Å². The fourth-order valence-corrected chi connectivity index (χ4v) is 3.61. The lowest BCUT2D eigenvalue weighted by Crippen LogP contribution is -2.17. The third-order valence-corrected chi connectivity index (χ3v) is 5.10. The van der Waals surface area contributed by atoms with E-state index in [1.54, 1.807) is 12.1 Å². The van der Waals surface area contributed by atoms with Crippen LogP contribution in [0.1, 0.15) is 24.3 Å². The molecule has 0 fully saturated rings. The Morgan fingerprint density at radius 3 is 2.29 bits per heavy atom. The van der Waals surface area contributed by atoms with Crippen LogP contribution < -0.4 is 0 Å². The highest BCUT2D eigenvalue weighted by Gasteiger charge is 2.29. The quantitative estimate of drug-likeness (QED) is 0.649. The van der Waals surface area contributed by atoms with Gasteiger partial charge in [0.25, 0.3) is 5.69 Å². The Morgan fingerprint density at radius 1 is 1.04 bits per heavy atom. The summed E-state index contributed by atoms with van der Waals surface area (Å²) in [5.41, 5.74) is 1.04. The van der Waals surface area contributed by atoms with Gasteiger partial charge < -0.3 is 5.11 Å². The van der Waals surface area contributed by atoms with Gasteiger partial charge >= 0.3 is 0 Å². The molecule has 0 heterocycles. The molecule has 0 saturated carbocycles. The van der Waals surface area contributed by atoms with E-state index in [4.69, 9.17) is 0 Å². The van der Waals surface area contributed by atoms with Crippen LogP contribution in [0.3, 0.4) is 0 Å². The van der Waals surface area contributed by atoms with Crippen molar-refractivity contribution in [1.82, 2.24) is 0 Å². The fourth-order valence-electron chi connectivity index (χ4n) is 2.71. The van der Waals surface area contributed by atoms with E-state index in [1.165, 1.54) is 12.1 Å². The average molecular weight is 341 g/mol. The summed E-state index contributed by atoms with van der Waals surface area (Å²) in [6.07, 6.45) is 0.772. The van der Waals surface area contributed by atoms with Crippen molar-refractivity contribution in [3.8, 4) is 0 Å². The zero-order valence-corrected chi connectivity index (χ0v) is 13.5. The number of Topliss-reactive ketones (excluding diaryl/α,β-unsaturated/α-hetero) is 1. The molecule has 0 spiro atoms. The van der Waals surface area contributed by atoms with Gasteiger partial charge in [0, 0.05) is 29.9 Å². The highest BCUT2D eigenvalue weighted by molar-refractivity contribution is 8.04. The molecule has 122 valence electrons. The number of benzene rings is 2. The van der Waals surface area contributed by atoms with Gasteiger partial charge in [-0.2, -0.15) is 0 Å². The number of nitro benzene ring substituents is 1. The molecule has 0 bridgehead atoms. The van der Waals surface area contributed by atoms with E-state index in [9.17, 15) is 20.0 Å². The highest BCUT2D eigenvalue weighted by atomic mass is 32.2. The number of hydrogen-bond acceptors (Lipinski definition) is 5. The molecule has 1 atom stereocenters. The predicted molar refractivity (Wildman–Crippen MR) is 92.0 cm³/mol. The standard InChI is InChI=1S/C18H15NO4S/c20-16-10-13(12-4-2-1-3-5-12)11-17(21)18(16)24-15-8-6-14(7-9-15)19(22)23/h1-9,13,20H,10-11H2. The summed E-state index contributed by atoms with van der Waals surface area (Å²) in [7, 11) is 0. The van der Waals surface area contributed by atoms with Crippen LogP contribution in [0.15, 0.2) is 70.2 Å². The average Bonchev–Trinajstić information content (AvgIpc) is 2.59. The third kappa shape index (κ3) is 3.49. The van der Waals surface area contributed by atoms with Crippen LogP contribution in [0.5, 0.6) is 0 Å². The Labute approximate surface area is 143 Å². The van der Waals surface area contributed by atoms with E-state index in [0.29, 0.717) is 22.6 Å². The van der Waals surface area contributed by atoms with Gasteiger partial charge in [0.2, 0.25) is 0 Å². The summed E-state index contributed by atoms with van der Waals surface area (Å²) >= 11 is 1.16. The van der Waals surface area contributed by atoms with Crippen LogP contribution in [0, 0.1) is 10.1 Å². The van der Waals surface area contributed by atoms with Crippen molar-refractivity contribution in [2.45, 2.75) is 23.7 Å². The van der Waals surface area contributed by atoms with Crippen LogP contribution in [0.25, 0.3) is 0 Å². The van der Waals surface area contributed by atoms with E-state index in [1.807, 2.05) is 30.3 Å². The second kappa shape index (κ2) is 6.88. The van der Waals surface area contributed by atoms with E-state index in [2.05, 4.69) is 0 Å². The Bertz CT molecular complexity index is 800. The molecule has 0 saturated heterocycles. The second-order valence-corrected chi connectivity index (χ2v) is 6.65. The molecule has 0 radical (unpaired) electrons. The summed E-state index contributed by atoms with van der Waals surface area (Å²) in [5, 5.41) is 21.0. The van der Waals surface area contributed by atoms with Crippen molar-refractivity contribution in [1.29, 1.82) is 0 Å². The lowest BCUT2D eigenvalue weighted by atomic mass is 9.86. The van der Waals surface area contributed by atoms with Gasteiger partial charge in [-0.1, -0.05) is 42.1 Å². The minimum Gasteiger partial charge on any atom is -0.511 e. The number of aliphatic hydroxyl groups is 1. The molecule has 0 aromatic heterocycles. The normalized spacial score (nSPS) is 17.8. The van der Waals surface area contributed by atoms with Crippen molar-refractivity contribution in [3.05, 3.63) is 80.9 Å². The zero-order valence-electron chi connectivity index (χ0n) is 12.7. The third-order valence-electron chi connectivity index (χ3n) is 3.93. The maximum atomic E-state index is 12.4. The topological polar surface area (TPSA) is 80.4 Å². The molecule has 0 amide bonds. The molecule has 1 aliphatic carbocycles. The first-order chi connectivity index (χ1) is 11.5. The molecule has 0 aliphatic heterocycles. The number of non-ortho nitro benzene ring substituents is 1. The van der Waals surface area contributed by atoms with Crippen LogP contribution in [-0.4, -0.2) is 15.8 Å². The maximum Gasteiger partial charge on any atom is 0.269 e. The lowest BCUT2D eigenvalue weighted by Gasteiger charge is -2.23. The van der Waals surface area contributed by atoms with Gasteiger partial charge in [-0.25, -0.2) is 0 Å². The minimum absolute atomic E-state index is 0.00309. The summed E-state index contributed by atoms with van der Waals surface area (Å²) in [6.45, 7) is 0. The number of nitrogens with zero attached hydrogens (tertiary/aromatic N) is 1. The molecule has 2 aromatic rings. The van der Waals surface area contributed by atoms with Crippen molar-refractivity contribution in [2.24, 2.45) is 0 Å². The number of ketones is 1. The second-order valence-electron chi connectivity index (χ2n) is 5.57. The molecule has 1 N–H and O–H groups in total. The summed E-state index contributed by atoms with van der Waals surface area (Å²) in [4.78, 5) is 23.6. The molecule has 3 rings (SSSR count). The molecule has 5 nitrogen and oxygen atoms in total. The Morgan fingerprint density at radius 2 is 1.71 bits per heavy atom. The summed E-state index contributed by atoms with van der Waals surface area (Å²) in [5.74, 6) is -0.0284. The van der Waals surface area contributed by atoms with Crippen LogP contribution in [0.4, 0.5) is 5.69 Å². The zero-order chi connectivity index (χ0) is 17.1. The van der Waals surface area contributed by atoms with E-state index in [-0.39, 0.29) is 23.1 Å². The molecule has 6 heteroatoms.